The molecule has 1 aromatic heterocycles. The molecule has 0 bridgehead atoms. The van der Waals surface area contributed by atoms with Gasteiger partial charge in [-0.1, -0.05) is 152 Å². The number of fused-ring (bicyclic) bond motifs is 7. The van der Waals surface area contributed by atoms with Crippen LogP contribution in [0, 0.1) is 0 Å². The predicted octanol–water partition coefficient (Wildman–Crippen LogP) is 13.8. The van der Waals surface area contributed by atoms with Gasteiger partial charge in [-0.3, -0.25) is 0 Å². The fourth-order valence-corrected chi connectivity index (χ4v) is 10.1. The number of hydrogen-bond acceptors (Lipinski definition) is 1. The molecule has 2 nitrogen and oxygen atoms in total. The van der Waals surface area contributed by atoms with Gasteiger partial charge in [0.15, 0.2) is 0 Å². The average Bonchev–Trinajstić information content (AvgIpc) is 3.76. The molecule has 1 heterocycles. The number of anilines is 3. The zero-order valence-electron chi connectivity index (χ0n) is 30.0. The van der Waals surface area contributed by atoms with Crippen LogP contribution in [-0.2, 0) is 5.41 Å². The van der Waals surface area contributed by atoms with E-state index in [1.807, 2.05) is 0 Å². The van der Waals surface area contributed by atoms with E-state index in [0.717, 1.165) is 17.1 Å². The lowest BCUT2D eigenvalue weighted by Gasteiger charge is -2.38. The van der Waals surface area contributed by atoms with Crippen LogP contribution < -0.4 is 4.90 Å². The molecule has 0 aliphatic heterocycles. The minimum absolute atomic E-state index is 0.488. The lowest BCUT2D eigenvalue weighted by molar-refractivity contribution is 0.783. The first-order chi connectivity index (χ1) is 27.3. The number of rotatable bonds is 5. The van der Waals surface area contributed by atoms with Gasteiger partial charge in [-0.2, -0.15) is 0 Å². The van der Waals surface area contributed by atoms with Crippen molar-refractivity contribution in [2.24, 2.45) is 0 Å². The number of hydrogen-bond donors (Lipinski definition) is 0. The SMILES string of the molecule is c1ccc(-c2ccc(-n3c4cccc5c4c4c6c(ccc(N(c7ccccc7)c7ccccc7)c6ccc43)C53c4ccccc4-c4ccccc43)cc2)cc1. The molecule has 55 heavy (non-hydrogen) atoms. The Kier molecular flexibility index (Phi) is 6.29. The summed E-state index contributed by atoms with van der Waals surface area (Å²) >= 11 is 0. The van der Waals surface area contributed by atoms with Crippen LogP contribution in [-0.4, -0.2) is 4.57 Å². The molecule has 0 amide bonds. The van der Waals surface area contributed by atoms with Crippen LogP contribution in [0.1, 0.15) is 22.3 Å². The summed E-state index contributed by atoms with van der Waals surface area (Å²) < 4.78 is 2.50. The van der Waals surface area contributed by atoms with Gasteiger partial charge in [0.2, 0.25) is 0 Å². The Labute approximate surface area is 319 Å². The molecule has 0 fully saturated rings. The maximum Gasteiger partial charge on any atom is 0.0726 e. The zero-order chi connectivity index (χ0) is 36.1. The highest BCUT2D eigenvalue weighted by atomic mass is 15.1. The molecule has 0 unspecified atom stereocenters. The largest absolute Gasteiger partial charge is 0.310 e. The lowest BCUT2D eigenvalue weighted by Crippen LogP contribution is -2.30. The summed E-state index contributed by atoms with van der Waals surface area (Å²) in [7, 11) is 0. The molecule has 0 saturated heterocycles. The van der Waals surface area contributed by atoms with Crippen molar-refractivity contribution >= 4 is 49.6 Å². The van der Waals surface area contributed by atoms with Crippen molar-refractivity contribution in [3.05, 3.63) is 229 Å². The van der Waals surface area contributed by atoms with Crippen molar-refractivity contribution in [3.8, 4) is 27.9 Å². The lowest BCUT2D eigenvalue weighted by atomic mass is 9.63. The van der Waals surface area contributed by atoms with Crippen molar-refractivity contribution < 1.29 is 0 Å². The molecule has 9 aromatic carbocycles. The molecular formula is C53H34N2. The molecule has 2 aliphatic rings. The Morgan fingerprint density at radius 2 is 0.873 bits per heavy atom. The third kappa shape index (κ3) is 4.03. The highest BCUT2D eigenvalue weighted by Crippen LogP contribution is 2.63. The Bertz CT molecular complexity index is 3040. The van der Waals surface area contributed by atoms with Gasteiger partial charge in [0, 0.05) is 33.2 Å². The molecule has 2 aliphatic carbocycles. The van der Waals surface area contributed by atoms with E-state index in [1.54, 1.807) is 0 Å². The van der Waals surface area contributed by atoms with E-state index in [0.29, 0.717) is 0 Å². The maximum absolute atomic E-state index is 2.50. The highest BCUT2D eigenvalue weighted by Gasteiger charge is 2.50. The standard InChI is InChI=1S/C53H34N2/c1-4-15-35(16-5-1)36-27-29-39(30-28-36)55-48-26-14-25-45-51(48)52-49(55)33-31-42-47(54(37-17-6-2-7-18-37)38-19-8-3-9-20-38)34-32-46(50(42)52)53(45)43-23-12-10-21-40(43)41-22-11-13-24-44(41)53/h1-34H. The Morgan fingerprint density at radius 1 is 0.345 bits per heavy atom. The molecule has 12 rings (SSSR count). The van der Waals surface area contributed by atoms with Gasteiger partial charge in [-0.05, 0) is 104 Å². The zero-order valence-corrected chi connectivity index (χ0v) is 30.0. The molecule has 2 heteroatoms. The minimum Gasteiger partial charge on any atom is -0.310 e. The number of para-hydroxylation sites is 2. The van der Waals surface area contributed by atoms with Gasteiger partial charge in [-0.25, -0.2) is 0 Å². The molecule has 0 N–H and O–H groups in total. The van der Waals surface area contributed by atoms with Gasteiger partial charge in [0.05, 0.1) is 22.1 Å². The van der Waals surface area contributed by atoms with Crippen LogP contribution in [0.5, 0.6) is 0 Å². The third-order valence-corrected chi connectivity index (χ3v) is 12.2. The van der Waals surface area contributed by atoms with E-state index >= 15 is 0 Å². The minimum atomic E-state index is -0.488. The molecule has 0 saturated carbocycles. The quantitative estimate of drug-likeness (QED) is 0.174. The monoisotopic (exact) mass is 698 g/mol. The van der Waals surface area contributed by atoms with Crippen molar-refractivity contribution in [1.82, 2.24) is 4.57 Å². The molecular weight excluding hydrogens is 665 g/mol. The van der Waals surface area contributed by atoms with Crippen molar-refractivity contribution in [1.29, 1.82) is 0 Å². The smallest absolute Gasteiger partial charge is 0.0726 e. The van der Waals surface area contributed by atoms with Crippen LogP contribution in [0.25, 0.3) is 60.5 Å². The second-order valence-corrected chi connectivity index (χ2v) is 14.8. The van der Waals surface area contributed by atoms with Crippen LogP contribution >= 0.6 is 0 Å². The summed E-state index contributed by atoms with van der Waals surface area (Å²) in [5, 5.41) is 5.21. The van der Waals surface area contributed by atoms with Gasteiger partial charge < -0.3 is 9.47 Å². The molecule has 0 atom stereocenters. The van der Waals surface area contributed by atoms with Gasteiger partial charge in [-0.15, -0.1) is 0 Å². The summed E-state index contributed by atoms with van der Waals surface area (Å²) in [6, 6.07) is 76.1. The summed E-state index contributed by atoms with van der Waals surface area (Å²) in [6.45, 7) is 0. The van der Waals surface area contributed by atoms with Crippen LogP contribution in [0.4, 0.5) is 17.1 Å². The second kappa shape index (κ2) is 11.4. The van der Waals surface area contributed by atoms with Crippen molar-refractivity contribution in [3.63, 3.8) is 0 Å². The first kappa shape index (κ1) is 30.3. The third-order valence-electron chi connectivity index (χ3n) is 12.2. The first-order valence-electron chi connectivity index (χ1n) is 19.1. The first-order valence-corrected chi connectivity index (χ1v) is 19.1. The van der Waals surface area contributed by atoms with E-state index in [-0.39, 0.29) is 0 Å². The maximum atomic E-state index is 2.50. The number of nitrogens with zero attached hydrogens (tertiary/aromatic N) is 2. The fraction of sp³-hybridized carbons (Fsp3) is 0.0189. The Balaban J connectivity index is 1.23. The van der Waals surface area contributed by atoms with E-state index < -0.39 is 5.41 Å². The van der Waals surface area contributed by atoms with E-state index in [2.05, 4.69) is 216 Å². The summed E-state index contributed by atoms with van der Waals surface area (Å²) in [5.74, 6) is 0. The number of aromatic nitrogens is 1. The fourth-order valence-electron chi connectivity index (χ4n) is 10.1. The molecule has 256 valence electrons. The summed E-state index contributed by atoms with van der Waals surface area (Å²) in [6.07, 6.45) is 0. The van der Waals surface area contributed by atoms with E-state index in [9.17, 15) is 0 Å². The van der Waals surface area contributed by atoms with Crippen molar-refractivity contribution in [2.75, 3.05) is 4.90 Å². The Hall–Kier alpha value is -7.16. The topological polar surface area (TPSA) is 8.17 Å². The molecule has 10 aromatic rings. The Morgan fingerprint density at radius 3 is 1.53 bits per heavy atom. The van der Waals surface area contributed by atoms with Crippen LogP contribution in [0.15, 0.2) is 206 Å². The van der Waals surface area contributed by atoms with Gasteiger partial charge >= 0.3 is 0 Å². The molecule has 1 spiro atoms. The highest BCUT2D eigenvalue weighted by molar-refractivity contribution is 6.28. The van der Waals surface area contributed by atoms with Crippen molar-refractivity contribution in [2.45, 2.75) is 5.41 Å². The number of benzene rings is 9. The van der Waals surface area contributed by atoms with E-state index in [4.69, 9.17) is 0 Å². The average molecular weight is 699 g/mol. The second-order valence-electron chi connectivity index (χ2n) is 14.8. The summed E-state index contributed by atoms with van der Waals surface area (Å²) in [5.41, 5.74) is 17.0. The van der Waals surface area contributed by atoms with Gasteiger partial charge in [0.1, 0.15) is 0 Å². The predicted molar refractivity (Wildman–Crippen MR) is 229 cm³/mol. The van der Waals surface area contributed by atoms with E-state index in [1.165, 1.54) is 82.8 Å². The van der Waals surface area contributed by atoms with Crippen LogP contribution in [0.3, 0.4) is 0 Å². The normalized spacial score (nSPS) is 13.2. The van der Waals surface area contributed by atoms with Crippen LogP contribution in [0.2, 0.25) is 0 Å². The van der Waals surface area contributed by atoms with Gasteiger partial charge in [0.25, 0.3) is 0 Å². The summed E-state index contributed by atoms with van der Waals surface area (Å²) in [4.78, 5) is 2.42. The molecule has 0 radical (unpaired) electrons.